The van der Waals surface area contributed by atoms with Crippen LogP contribution in [0.5, 0.6) is 0 Å². The Kier molecular flexibility index (Phi) is 10.2. The highest BCUT2D eigenvalue weighted by Crippen LogP contribution is 2.38. The molecule has 0 aromatic heterocycles. The van der Waals surface area contributed by atoms with Gasteiger partial charge in [-0.1, -0.05) is 102 Å². The van der Waals surface area contributed by atoms with Gasteiger partial charge >= 0.3 is 0 Å². The molecule has 0 bridgehead atoms. The summed E-state index contributed by atoms with van der Waals surface area (Å²) in [5.41, 5.74) is 3.01. The average molecular weight is 441 g/mol. The van der Waals surface area contributed by atoms with Gasteiger partial charge in [0.15, 0.2) is 11.6 Å². The first-order chi connectivity index (χ1) is 15.6. The van der Waals surface area contributed by atoms with Crippen molar-refractivity contribution in [3.8, 4) is 11.1 Å². The van der Waals surface area contributed by atoms with Gasteiger partial charge in [-0.05, 0) is 67.1 Å². The van der Waals surface area contributed by atoms with Crippen molar-refractivity contribution in [1.82, 2.24) is 0 Å². The third-order valence-corrected chi connectivity index (χ3v) is 7.47. The minimum absolute atomic E-state index is 0.378. The van der Waals surface area contributed by atoms with Crippen LogP contribution in [0, 0.1) is 17.6 Å². The van der Waals surface area contributed by atoms with Crippen LogP contribution in [0.3, 0.4) is 0 Å². The molecule has 176 valence electrons. The molecule has 1 aliphatic rings. The molecule has 3 rings (SSSR count). The highest BCUT2D eigenvalue weighted by molar-refractivity contribution is 5.65. The average Bonchev–Trinajstić information content (AvgIpc) is 2.82. The summed E-state index contributed by atoms with van der Waals surface area (Å²) < 4.78 is 29.5. The Labute approximate surface area is 194 Å². The normalized spacial score (nSPS) is 18.8. The molecule has 1 fully saturated rings. The Balaban J connectivity index is 1.57. The van der Waals surface area contributed by atoms with Crippen molar-refractivity contribution in [3.05, 3.63) is 59.2 Å². The van der Waals surface area contributed by atoms with Crippen LogP contribution in [-0.4, -0.2) is 0 Å². The molecule has 0 amide bonds. The van der Waals surface area contributed by atoms with Crippen LogP contribution in [0.4, 0.5) is 8.78 Å². The third kappa shape index (κ3) is 6.90. The summed E-state index contributed by atoms with van der Waals surface area (Å²) in [6.45, 7) is 4.45. The Morgan fingerprint density at radius 3 is 2.03 bits per heavy atom. The zero-order valence-corrected chi connectivity index (χ0v) is 20.3. The van der Waals surface area contributed by atoms with Crippen LogP contribution in [0.1, 0.15) is 114 Å². The molecule has 0 atom stereocenters. The molecule has 0 unspecified atom stereocenters. The van der Waals surface area contributed by atoms with Crippen LogP contribution < -0.4 is 0 Å². The lowest BCUT2D eigenvalue weighted by Crippen LogP contribution is -2.13. The molecule has 1 aliphatic carbocycles. The fraction of sp³-hybridized carbons (Fsp3) is 0.600. The van der Waals surface area contributed by atoms with Gasteiger partial charge in [-0.15, -0.1) is 0 Å². The zero-order valence-electron chi connectivity index (χ0n) is 20.3. The Hall–Kier alpha value is -1.70. The first-order valence-electron chi connectivity index (χ1n) is 13.2. The zero-order chi connectivity index (χ0) is 22.8. The maximum absolute atomic E-state index is 14.8. The minimum Gasteiger partial charge on any atom is -0.203 e. The van der Waals surface area contributed by atoms with Crippen LogP contribution in [-0.2, 0) is 6.42 Å². The number of unbranched alkanes of at least 4 members (excludes halogenated alkanes) is 6. The largest absolute Gasteiger partial charge is 0.203 e. The number of hydrogen-bond acceptors (Lipinski definition) is 0. The Morgan fingerprint density at radius 2 is 1.34 bits per heavy atom. The molecule has 0 aliphatic heterocycles. The maximum atomic E-state index is 14.8. The fourth-order valence-corrected chi connectivity index (χ4v) is 5.33. The second kappa shape index (κ2) is 13.1. The summed E-state index contributed by atoms with van der Waals surface area (Å²) in [6, 6.07) is 11.8. The van der Waals surface area contributed by atoms with E-state index >= 15 is 0 Å². The number of benzene rings is 2. The molecule has 0 nitrogen and oxygen atoms in total. The molecule has 32 heavy (non-hydrogen) atoms. The third-order valence-electron chi connectivity index (χ3n) is 7.47. The van der Waals surface area contributed by atoms with Crippen LogP contribution in [0.15, 0.2) is 36.4 Å². The quantitative estimate of drug-likeness (QED) is 0.288. The molecule has 0 radical (unpaired) electrons. The molecule has 1 saturated carbocycles. The predicted molar refractivity (Wildman–Crippen MR) is 133 cm³/mol. The second-order valence-electron chi connectivity index (χ2n) is 9.90. The second-order valence-corrected chi connectivity index (χ2v) is 9.90. The van der Waals surface area contributed by atoms with Gasteiger partial charge in [0.05, 0.1) is 0 Å². The number of aryl methyl sites for hydroxylation is 1. The van der Waals surface area contributed by atoms with Crippen molar-refractivity contribution >= 4 is 0 Å². The van der Waals surface area contributed by atoms with E-state index in [4.69, 9.17) is 0 Å². The van der Waals surface area contributed by atoms with Crippen molar-refractivity contribution < 1.29 is 8.78 Å². The SMILES string of the molecule is CCCCCCCc1ccc(-c2ccc([C@H]3CC[C@H](CCCCC)CC3)cc2)c(F)c1F. The molecule has 2 aromatic rings. The molecule has 0 heterocycles. The summed E-state index contributed by atoms with van der Waals surface area (Å²) in [5.74, 6) is 0.155. The van der Waals surface area contributed by atoms with Gasteiger partial charge in [-0.3, -0.25) is 0 Å². The van der Waals surface area contributed by atoms with Gasteiger partial charge in [0.25, 0.3) is 0 Å². The van der Waals surface area contributed by atoms with Crippen molar-refractivity contribution in [2.24, 2.45) is 5.92 Å². The number of halogens is 2. The minimum atomic E-state index is -0.698. The van der Waals surface area contributed by atoms with E-state index in [9.17, 15) is 8.78 Å². The van der Waals surface area contributed by atoms with Crippen molar-refractivity contribution in [3.63, 3.8) is 0 Å². The lowest BCUT2D eigenvalue weighted by molar-refractivity contribution is 0.303. The van der Waals surface area contributed by atoms with E-state index in [1.807, 2.05) is 12.1 Å². The van der Waals surface area contributed by atoms with Crippen molar-refractivity contribution in [1.29, 1.82) is 0 Å². The van der Waals surface area contributed by atoms with Crippen LogP contribution >= 0.6 is 0 Å². The summed E-state index contributed by atoms with van der Waals surface area (Å²) in [4.78, 5) is 0. The molecule has 0 spiro atoms. The molecular formula is C30H42F2. The van der Waals surface area contributed by atoms with E-state index in [0.717, 1.165) is 24.3 Å². The number of rotatable bonds is 12. The topological polar surface area (TPSA) is 0 Å². The fourth-order valence-electron chi connectivity index (χ4n) is 5.33. The van der Waals surface area contributed by atoms with E-state index in [2.05, 4.69) is 26.0 Å². The summed E-state index contributed by atoms with van der Waals surface area (Å²) in [6.07, 6.45) is 16.8. The standard InChI is InChI=1S/C30H42F2/c1-3-5-7-8-10-12-27-21-22-28(30(32)29(27)31)26-19-17-25(18-20-26)24-15-13-23(14-16-24)11-9-6-4-2/h17-24H,3-16H2,1-2H3/t23-,24-. The summed E-state index contributed by atoms with van der Waals surface area (Å²) >= 11 is 0. The van der Waals surface area contributed by atoms with Crippen molar-refractivity contribution in [2.45, 2.75) is 110 Å². The van der Waals surface area contributed by atoms with Crippen LogP contribution in [0.25, 0.3) is 11.1 Å². The first kappa shape index (κ1) is 24.9. The first-order valence-corrected chi connectivity index (χ1v) is 13.2. The van der Waals surface area contributed by atoms with Gasteiger partial charge in [-0.2, -0.15) is 0 Å². The molecule has 0 N–H and O–H groups in total. The molecule has 2 aromatic carbocycles. The van der Waals surface area contributed by atoms with Gasteiger partial charge < -0.3 is 0 Å². The smallest absolute Gasteiger partial charge is 0.166 e. The highest BCUT2D eigenvalue weighted by Gasteiger charge is 2.22. The van der Waals surface area contributed by atoms with E-state index in [-0.39, 0.29) is 0 Å². The van der Waals surface area contributed by atoms with Gasteiger partial charge in [0.2, 0.25) is 0 Å². The van der Waals surface area contributed by atoms with E-state index in [0.29, 0.717) is 23.5 Å². The van der Waals surface area contributed by atoms with Gasteiger partial charge in [0, 0.05) is 5.56 Å². The van der Waals surface area contributed by atoms with E-state index in [1.165, 1.54) is 76.2 Å². The number of hydrogen-bond donors (Lipinski definition) is 0. The van der Waals surface area contributed by atoms with Crippen molar-refractivity contribution in [2.75, 3.05) is 0 Å². The highest BCUT2D eigenvalue weighted by atomic mass is 19.2. The Bertz CT molecular complexity index is 800. The summed E-state index contributed by atoms with van der Waals surface area (Å²) in [5, 5.41) is 0. The lowest BCUT2D eigenvalue weighted by atomic mass is 9.77. The monoisotopic (exact) mass is 440 g/mol. The summed E-state index contributed by atoms with van der Waals surface area (Å²) in [7, 11) is 0. The molecule has 2 heteroatoms. The van der Waals surface area contributed by atoms with E-state index < -0.39 is 11.6 Å². The van der Waals surface area contributed by atoms with Gasteiger partial charge in [0.1, 0.15) is 0 Å². The lowest BCUT2D eigenvalue weighted by Gasteiger charge is -2.29. The maximum Gasteiger partial charge on any atom is 0.166 e. The molecule has 0 saturated heterocycles. The Morgan fingerprint density at radius 1 is 0.688 bits per heavy atom. The van der Waals surface area contributed by atoms with E-state index in [1.54, 1.807) is 12.1 Å². The molecular weight excluding hydrogens is 398 g/mol. The van der Waals surface area contributed by atoms with Crippen LogP contribution in [0.2, 0.25) is 0 Å². The van der Waals surface area contributed by atoms with Gasteiger partial charge in [-0.25, -0.2) is 8.78 Å². The predicted octanol–water partition coefficient (Wildman–Crippen LogP) is 10.00.